The molecule has 1 heterocycles. The van der Waals surface area contributed by atoms with Crippen LogP contribution in [0.1, 0.15) is 28.9 Å². The van der Waals surface area contributed by atoms with Gasteiger partial charge in [-0.2, -0.15) is 0 Å². The maximum absolute atomic E-state index is 11.8. The zero-order valence-corrected chi connectivity index (χ0v) is 10.0. The second kappa shape index (κ2) is 5.35. The first kappa shape index (κ1) is 12.2. The second-order valence-electron chi connectivity index (χ2n) is 3.77. The number of phenolic OH excluding ortho intramolecular Hbond substituents is 1. The van der Waals surface area contributed by atoms with E-state index in [1.807, 2.05) is 6.92 Å². The van der Waals surface area contributed by atoms with Gasteiger partial charge in [-0.25, -0.2) is 4.98 Å². The largest absolute Gasteiger partial charge is 0.507 e. The number of aromatic nitrogens is 1. The lowest BCUT2D eigenvalue weighted by atomic mass is 10.2. The number of carbonyl (C=O) groups excluding carboxylic acids is 1. The van der Waals surface area contributed by atoms with Gasteiger partial charge in [0, 0.05) is 6.42 Å². The number of aromatic hydroxyl groups is 1. The minimum absolute atomic E-state index is 0.0448. The summed E-state index contributed by atoms with van der Waals surface area (Å²) < 4.78 is 5.36. The molecule has 0 spiro atoms. The van der Waals surface area contributed by atoms with Crippen LogP contribution >= 0.6 is 0 Å². The Morgan fingerprint density at radius 2 is 2.22 bits per heavy atom. The molecule has 1 aromatic heterocycles. The monoisotopic (exact) mass is 246 g/mol. The molecule has 0 fully saturated rings. The Bertz CT molecular complexity index is 549. The molecule has 18 heavy (non-hydrogen) atoms. The number of hydrogen-bond acceptors (Lipinski definition) is 4. The number of amides is 1. The van der Waals surface area contributed by atoms with Crippen molar-refractivity contribution in [2.75, 3.05) is 0 Å². The van der Waals surface area contributed by atoms with Crippen molar-refractivity contribution in [3.05, 3.63) is 47.7 Å². The van der Waals surface area contributed by atoms with Gasteiger partial charge in [0.2, 0.25) is 5.89 Å². The van der Waals surface area contributed by atoms with Crippen molar-refractivity contribution in [3.63, 3.8) is 0 Å². The summed E-state index contributed by atoms with van der Waals surface area (Å²) in [6.07, 6.45) is 2.40. The number of carbonyl (C=O) groups is 1. The number of nitrogens with one attached hydrogen (secondary N) is 1. The summed E-state index contributed by atoms with van der Waals surface area (Å²) in [5, 5.41) is 12.2. The third-order valence-electron chi connectivity index (χ3n) is 2.50. The van der Waals surface area contributed by atoms with E-state index >= 15 is 0 Å². The van der Waals surface area contributed by atoms with Gasteiger partial charge in [0.25, 0.3) is 5.91 Å². The number of aryl methyl sites for hydroxylation is 1. The van der Waals surface area contributed by atoms with Gasteiger partial charge < -0.3 is 14.8 Å². The smallest absolute Gasteiger partial charge is 0.255 e. The van der Waals surface area contributed by atoms with Gasteiger partial charge in [0.05, 0.1) is 18.3 Å². The van der Waals surface area contributed by atoms with Crippen molar-refractivity contribution in [1.29, 1.82) is 0 Å². The molecule has 0 aliphatic heterocycles. The molecule has 0 saturated carbocycles. The predicted octanol–water partition coefficient (Wildman–Crippen LogP) is 1.87. The molecule has 1 aromatic carbocycles. The molecule has 0 unspecified atom stereocenters. The first-order valence-corrected chi connectivity index (χ1v) is 5.70. The Morgan fingerprint density at radius 3 is 2.89 bits per heavy atom. The topological polar surface area (TPSA) is 75.4 Å². The van der Waals surface area contributed by atoms with Gasteiger partial charge in [-0.15, -0.1) is 0 Å². The number of hydrogen-bond donors (Lipinski definition) is 2. The van der Waals surface area contributed by atoms with Crippen LogP contribution in [-0.2, 0) is 13.0 Å². The number of rotatable bonds is 4. The van der Waals surface area contributed by atoms with Crippen molar-refractivity contribution in [2.45, 2.75) is 19.9 Å². The van der Waals surface area contributed by atoms with E-state index < -0.39 is 0 Å². The van der Waals surface area contributed by atoms with Gasteiger partial charge >= 0.3 is 0 Å². The molecule has 0 aliphatic rings. The van der Waals surface area contributed by atoms with Crippen LogP contribution in [0, 0.1) is 0 Å². The minimum atomic E-state index is -0.357. The molecule has 0 radical (unpaired) electrons. The second-order valence-corrected chi connectivity index (χ2v) is 3.77. The lowest BCUT2D eigenvalue weighted by Gasteiger charge is -2.04. The fraction of sp³-hybridized carbons (Fsp3) is 0.231. The van der Waals surface area contributed by atoms with E-state index in [-0.39, 0.29) is 23.8 Å². The Balaban J connectivity index is 1.98. The normalized spacial score (nSPS) is 10.3. The van der Waals surface area contributed by atoms with Gasteiger partial charge in [0.1, 0.15) is 11.5 Å². The molecule has 1 amide bonds. The van der Waals surface area contributed by atoms with Crippen molar-refractivity contribution in [3.8, 4) is 5.75 Å². The van der Waals surface area contributed by atoms with Crippen LogP contribution in [0.15, 0.2) is 34.9 Å². The summed E-state index contributed by atoms with van der Waals surface area (Å²) >= 11 is 0. The molecular formula is C13H14N2O3. The number of phenols is 1. The molecule has 5 nitrogen and oxygen atoms in total. The summed E-state index contributed by atoms with van der Waals surface area (Å²) in [6.45, 7) is 2.16. The predicted molar refractivity (Wildman–Crippen MR) is 65.2 cm³/mol. The molecule has 2 aromatic rings. The molecule has 0 bridgehead atoms. The molecule has 5 heteroatoms. The maximum Gasteiger partial charge on any atom is 0.255 e. The Morgan fingerprint density at radius 1 is 1.44 bits per heavy atom. The average Bonchev–Trinajstić information content (AvgIpc) is 2.84. The van der Waals surface area contributed by atoms with Crippen LogP contribution < -0.4 is 5.32 Å². The highest BCUT2D eigenvalue weighted by Crippen LogP contribution is 2.15. The fourth-order valence-electron chi connectivity index (χ4n) is 1.51. The summed E-state index contributed by atoms with van der Waals surface area (Å²) in [6, 6.07) is 6.37. The lowest BCUT2D eigenvalue weighted by molar-refractivity contribution is 0.0944. The molecule has 2 N–H and O–H groups in total. The van der Waals surface area contributed by atoms with Gasteiger partial charge in [0.15, 0.2) is 0 Å². The molecule has 0 saturated heterocycles. The van der Waals surface area contributed by atoms with Crippen molar-refractivity contribution in [2.24, 2.45) is 0 Å². The Kier molecular flexibility index (Phi) is 3.62. The summed E-state index contributed by atoms with van der Waals surface area (Å²) in [5.74, 6) is 0.832. The Hall–Kier alpha value is -2.30. The van der Waals surface area contributed by atoms with Crippen LogP contribution in [0.2, 0.25) is 0 Å². The van der Waals surface area contributed by atoms with E-state index in [2.05, 4.69) is 10.3 Å². The third kappa shape index (κ3) is 2.68. The van der Waals surface area contributed by atoms with Crippen LogP contribution in [0.4, 0.5) is 0 Å². The number of benzene rings is 1. The number of nitrogens with zero attached hydrogens (tertiary/aromatic N) is 1. The third-order valence-corrected chi connectivity index (χ3v) is 2.50. The van der Waals surface area contributed by atoms with E-state index in [4.69, 9.17) is 4.42 Å². The zero-order valence-electron chi connectivity index (χ0n) is 10.0. The highest BCUT2D eigenvalue weighted by molar-refractivity contribution is 5.96. The summed E-state index contributed by atoms with van der Waals surface area (Å²) in [5.41, 5.74) is 0.236. The quantitative estimate of drug-likeness (QED) is 0.863. The van der Waals surface area contributed by atoms with E-state index in [1.54, 1.807) is 24.4 Å². The first-order chi connectivity index (χ1) is 8.70. The molecular weight excluding hydrogens is 232 g/mol. The van der Waals surface area contributed by atoms with Crippen LogP contribution in [-0.4, -0.2) is 16.0 Å². The summed E-state index contributed by atoms with van der Waals surface area (Å²) in [4.78, 5) is 15.8. The fourth-order valence-corrected chi connectivity index (χ4v) is 1.51. The van der Waals surface area contributed by atoms with Crippen molar-refractivity contribution >= 4 is 5.91 Å². The van der Waals surface area contributed by atoms with Gasteiger partial charge in [-0.05, 0) is 12.1 Å². The van der Waals surface area contributed by atoms with Crippen molar-refractivity contribution < 1.29 is 14.3 Å². The van der Waals surface area contributed by atoms with Crippen LogP contribution in [0.3, 0.4) is 0 Å². The maximum atomic E-state index is 11.8. The lowest BCUT2D eigenvalue weighted by Crippen LogP contribution is -2.22. The number of para-hydroxylation sites is 1. The first-order valence-electron chi connectivity index (χ1n) is 5.70. The van der Waals surface area contributed by atoms with Gasteiger partial charge in [-0.1, -0.05) is 19.1 Å². The van der Waals surface area contributed by atoms with Gasteiger partial charge in [-0.3, -0.25) is 4.79 Å². The molecule has 0 aliphatic carbocycles. The standard InChI is InChI=1S/C13H14N2O3/c1-2-9-7-14-12(18-9)8-15-13(17)10-5-3-4-6-11(10)16/h3-7,16H,2,8H2,1H3,(H,15,17). The molecule has 94 valence electrons. The SMILES string of the molecule is CCc1cnc(CNC(=O)c2ccccc2O)o1. The minimum Gasteiger partial charge on any atom is -0.507 e. The van der Waals surface area contributed by atoms with E-state index in [0.29, 0.717) is 5.89 Å². The van der Waals surface area contributed by atoms with Crippen molar-refractivity contribution in [1.82, 2.24) is 10.3 Å². The highest BCUT2D eigenvalue weighted by atomic mass is 16.4. The summed E-state index contributed by atoms with van der Waals surface area (Å²) in [7, 11) is 0. The van der Waals surface area contributed by atoms with Crippen LogP contribution in [0.5, 0.6) is 5.75 Å². The van der Waals surface area contributed by atoms with E-state index in [0.717, 1.165) is 12.2 Å². The van der Waals surface area contributed by atoms with E-state index in [9.17, 15) is 9.90 Å². The molecule has 2 rings (SSSR count). The molecule has 0 atom stereocenters. The Labute approximate surface area is 104 Å². The number of oxazole rings is 1. The highest BCUT2D eigenvalue weighted by Gasteiger charge is 2.11. The van der Waals surface area contributed by atoms with E-state index in [1.165, 1.54) is 6.07 Å². The average molecular weight is 246 g/mol. The van der Waals surface area contributed by atoms with Crippen LogP contribution in [0.25, 0.3) is 0 Å². The zero-order chi connectivity index (χ0) is 13.0.